The van der Waals surface area contributed by atoms with E-state index in [1.807, 2.05) is 24.5 Å². The van der Waals surface area contributed by atoms with Gasteiger partial charge in [-0.05, 0) is 30.0 Å². The summed E-state index contributed by atoms with van der Waals surface area (Å²) in [6.07, 6.45) is 2.03. The van der Waals surface area contributed by atoms with Gasteiger partial charge in [-0.2, -0.15) is 0 Å². The molecule has 1 N–H and O–H groups in total. The molecule has 2 aromatic rings. The van der Waals surface area contributed by atoms with Crippen LogP contribution in [0, 0.1) is 21.4 Å². The van der Waals surface area contributed by atoms with E-state index in [2.05, 4.69) is 0 Å². The van der Waals surface area contributed by atoms with Crippen molar-refractivity contribution >= 4 is 5.97 Å². The topological polar surface area (TPSA) is 121 Å². The lowest BCUT2D eigenvalue weighted by Gasteiger charge is -2.34. The van der Waals surface area contributed by atoms with Crippen molar-refractivity contribution in [3.63, 3.8) is 0 Å². The van der Waals surface area contributed by atoms with Crippen LogP contribution in [0.25, 0.3) is 11.3 Å². The maximum atomic E-state index is 12.4. The van der Waals surface area contributed by atoms with E-state index in [0.717, 1.165) is 11.1 Å². The molecule has 172 valence electrons. The van der Waals surface area contributed by atoms with Crippen LogP contribution in [0.2, 0.25) is 0 Å². The number of methoxy groups -OCH3 is 1. The number of carboxylic acids is 1. The molecule has 1 aromatic heterocycles. The number of fused-ring (bicyclic) bond motifs is 3. The first-order valence-corrected chi connectivity index (χ1v) is 10.4. The fourth-order valence-electron chi connectivity index (χ4n) is 4.03. The lowest BCUT2D eigenvalue weighted by atomic mass is 9.87. The average molecular weight is 444 g/mol. The third-order valence-electron chi connectivity index (χ3n) is 5.71. The number of nitro groups is 1. The van der Waals surface area contributed by atoms with E-state index < -0.39 is 16.8 Å². The second-order valence-corrected chi connectivity index (χ2v) is 9.27. The highest BCUT2D eigenvalue weighted by molar-refractivity contribution is 5.88. The van der Waals surface area contributed by atoms with E-state index in [1.165, 1.54) is 19.4 Å². The molecule has 3 rings (SSSR count). The molecular formula is C23H28N2O7. The van der Waals surface area contributed by atoms with E-state index in [4.69, 9.17) is 9.47 Å². The molecule has 32 heavy (non-hydrogen) atoms. The Kier molecular flexibility index (Phi) is 6.29. The molecule has 0 bridgehead atoms. The zero-order valence-corrected chi connectivity index (χ0v) is 18.9. The van der Waals surface area contributed by atoms with Gasteiger partial charge in [-0.15, -0.1) is 0 Å². The smallest absolute Gasteiger partial charge is 0.341 e. The summed E-state index contributed by atoms with van der Waals surface area (Å²) in [5.74, 6) is -0.165. The molecule has 1 aliphatic rings. The number of hydrogen-bond acceptors (Lipinski definition) is 6. The standard InChI is InChI=1S/C23H28N2O7/c1-13(2)17-6-14-7-21(32-12-23(3,4)11-25(29)30)20(31-5)8-15(14)18-9-19(26)16(22(27)28)10-24(17)18/h7-10,13,17H,6,11-12H2,1-5H3,(H,27,28). The van der Waals surface area contributed by atoms with Gasteiger partial charge in [0, 0.05) is 28.8 Å². The Balaban J connectivity index is 2.08. The molecule has 1 aromatic carbocycles. The fourth-order valence-corrected chi connectivity index (χ4v) is 4.03. The quantitative estimate of drug-likeness (QED) is 0.487. The highest BCUT2D eigenvalue weighted by atomic mass is 16.6. The highest BCUT2D eigenvalue weighted by Gasteiger charge is 2.30. The summed E-state index contributed by atoms with van der Waals surface area (Å²) in [6, 6.07) is 4.93. The minimum absolute atomic E-state index is 0.0524. The predicted octanol–water partition coefficient (Wildman–Crippen LogP) is 3.66. The monoisotopic (exact) mass is 444 g/mol. The number of aromatic nitrogens is 1. The van der Waals surface area contributed by atoms with Gasteiger partial charge >= 0.3 is 5.97 Å². The minimum Gasteiger partial charge on any atom is -0.493 e. The van der Waals surface area contributed by atoms with Crippen molar-refractivity contribution in [2.24, 2.45) is 11.3 Å². The number of ether oxygens (including phenoxy) is 2. The van der Waals surface area contributed by atoms with E-state index in [-0.39, 0.29) is 35.6 Å². The summed E-state index contributed by atoms with van der Waals surface area (Å²) in [7, 11) is 1.50. The largest absolute Gasteiger partial charge is 0.493 e. The third kappa shape index (κ3) is 4.61. The predicted molar refractivity (Wildman–Crippen MR) is 118 cm³/mol. The first-order chi connectivity index (χ1) is 14.9. The number of pyridine rings is 1. The van der Waals surface area contributed by atoms with Gasteiger partial charge in [-0.25, -0.2) is 4.79 Å². The van der Waals surface area contributed by atoms with Gasteiger partial charge < -0.3 is 19.1 Å². The summed E-state index contributed by atoms with van der Waals surface area (Å²) in [4.78, 5) is 34.5. The number of benzene rings is 1. The Morgan fingerprint density at radius 2 is 2.00 bits per heavy atom. The van der Waals surface area contributed by atoms with Crippen molar-refractivity contribution in [2.75, 3.05) is 20.3 Å². The third-order valence-corrected chi connectivity index (χ3v) is 5.71. The number of aromatic carboxylic acids is 1. The van der Waals surface area contributed by atoms with Gasteiger partial charge in [0.15, 0.2) is 16.9 Å². The van der Waals surface area contributed by atoms with Crippen molar-refractivity contribution in [2.45, 2.75) is 40.2 Å². The summed E-state index contributed by atoms with van der Waals surface area (Å²) >= 11 is 0. The Labute approximate surface area is 185 Å². The van der Waals surface area contributed by atoms with Crippen LogP contribution in [-0.2, 0) is 6.42 Å². The van der Waals surface area contributed by atoms with Gasteiger partial charge in [-0.3, -0.25) is 14.9 Å². The molecule has 0 amide bonds. The normalized spacial score (nSPS) is 15.1. The van der Waals surface area contributed by atoms with Gasteiger partial charge in [0.1, 0.15) is 5.56 Å². The molecule has 0 saturated carbocycles. The van der Waals surface area contributed by atoms with Crippen LogP contribution in [0.1, 0.15) is 49.7 Å². The van der Waals surface area contributed by atoms with Gasteiger partial charge in [0.05, 0.1) is 24.8 Å². The van der Waals surface area contributed by atoms with Crippen molar-refractivity contribution in [3.8, 4) is 22.8 Å². The lowest BCUT2D eigenvalue weighted by Crippen LogP contribution is -2.30. The summed E-state index contributed by atoms with van der Waals surface area (Å²) < 4.78 is 13.3. The number of hydrogen-bond donors (Lipinski definition) is 1. The van der Waals surface area contributed by atoms with E-state index in [1.54, 1.807) is 19.9 Å². The zero-order valence-electron chi connectivity index (χ0n) is 18.9. The van der Waals surface area contributed by atoms with Crippen molar-refractivity contribution in [1.29, 1.82) is 0 Å². The SMILES string of the molecule is COc1cc2c(cc1OCC(C)(C)C[N+](=O)[O-])CC(C(C)C)n1cc(C(=O)O)c(=O)cc1-2. The van der Waals surface area contributed by atoms with Crippen LogP contribution < -0.4 is 14.9 Å². The molecule has 9 nitrogen and oxygen atoms in total. The van der Waals surface area contributed by atoms with E-state index in [0.29, 0.717) is 23.6 Å². The zero-order chi connectivity index (χ0) is 23.8. The molecule has 1 aliphatic heterocycles. The number of carboxylic acid groups (broad SMARTS) is 1. The second-order valence-electron chi connectivity index (χ2n) is 9.27. The average Bonchev–Trinajstić information content (AvgIpc) is 2.69. The Hall–Kier alpha value is -3.36. The number of rotatable bonds is 8. The molecule has 0 radical (unpaired) electrons. The first-order valence-electron chi connectivity index (χ1n) is 10.4. The Morgan fingerprint density at radius 1 is 1.31 bits per heavy atom. The summed E-state index contributed by atoms with van der Waals surface area (Å²) in [6.45, 7) is 7.51. The number of carbonyl (C=O) groups is 1. The highest BCUT2D eigenvalue weighted by Crippen LogP contribution is 2.43. The summed E-state index contributed by atoms with van der Waals surface area (Å²) in [5, 5.41) is 20.3. The van der Waals surface area contributed by atoms with Gasteiger partial charge in [-0.1, -0.05) is 27.7 Å². The van der Waals surface area contributed by atoms with Gasteiger partial charge in [0.25, 0.3) is 0 Å². The van der Waals surface area contributed by atoms with Gasteiger partial charge in [0.2, 0.25) is 6.54 Å². The Morgan fingerprint density at radius 3 is 2.56 bits per heavy atom. The molecule has 1 unspecified atom stereocenters. The molecule has 0 aliphatic carbocycles. The van der Waals surface area contributed by atoms with Crippen molar-refractivity contribution in [1.82, 2.24) is 4.57 Å². The molecule has 9 heteroatoms. The van der Waals surface area contributed by atoms with Crippen LogP contribution in [0.5, 0.6) is 11.5 Å². The molecular weight excluding hydrogens is 416 g/mol. The molecule has 0 fully saturated rings. The Bertz CT molecular complexity index is 1120. The van der Waals surface area contributed by atoms with Crippen LogP contribution in [-0.4, -0.2) is 40.8 Å². The minimum atomic E-state index is -1.25. The molecule has 0 spiro atoms. The first kappa shape index (κ1) is 23.3. The molecule has 1 atom stereocenters. The second kappa shape index (κ2) is 8.64. The van der Waals surface area contributed by atoms with E-state index in [9.17, 15) is 24.8 Å². The van der Waals surface area contributed by atoms with E-state index >= 15 is 0 Å². The van der Waals surface area contributed by atoms with Crippen molar-refractivity contribution in [3.05, 3.63) is 55.9 Å². The fraction of sp³-hybridized carbons (Fsp3) is 0.478. The maximum absolute atomic E-state index is 12.4. The van der Waals surface area contributed by atoms with Crippen molar-refractivity contribution < 1.29 is 24.3 Å². The maximum Gasteiger partial charge on any atom is 0.341 e. The van der Waals surface area contributed by atoms with Crippen LogP contribution in [0.3, 0.4) is 0 Å². The summed E-state index contributed by atoms with van der Waals surface area (Å²) in [5.41, 5.74) is 0.845. The van der Waals surface area contributed by atoms with Crippen LogP contribution in [0.4, 0.5) is 0 Å². The number of nitrogens with zero attached hydrogens (tertiary/aromatic N) is 2. The lowest BCUT2D eigenvalue weighted by molar-refractivity contribution is -0.496. The molecule has 0 saturated heterocycles. The van der Waals surface area contributed by atoms with Crippen LogP contribution in [0.15, 0.2) is 29.2 Å². The van der Waals surface area contributed by atoms with Crippen LogP contribution >= 0.6 is 0 Å². The molecule has 2 heterocycles.